The van der Waals surface area contributed by atoms with Crippen LogP contribution in [-0.4, -0.2) is 71.9 Å². The first-order chi connectivity index (χ1) is 37.9. The van der Waals surface area contributed by atoms with Crippen molar-refractivity contribution >= 4 is 81.5 Å². The van der Waals surface area contributed by atoms with E-state index in [0.29, 0.717) is 17.2 Å². The molecule has 10 rings (SSSR count). The number of likely N-dealkylation sites (tertiary alicyclic amines) is 1. The topological polar surface area (TPSA) is 177 Å². The average molecular weight is 1140 g/mol. The van der Waals surface area contributed by atoms with Crippen molar-refractivity contribution in [1.29, 1.82) is 0 Å². The van der Waals surface area contributed by atoms with Crippen LogP contribution in [0.1, 0.15) is 119 Å². The van der Waals surface area contributed by atoms with Crippen molar-refractivity contribution in [2.45, 2.75) is 96.0 Å². The maximum absolute atomic E-state index is 11.4. The number of piperidine rings is 1. The monoisotopic (exact) mass is 1140 g/mol. The average Bonchev–Trinajstić information content (AvgIpc) is 4.21. The van der Waals surface area contributed by atoms with Crippen LogP contribution in [0, 0.1) is 12.3 Å². The molecule has 1 atom stereocenters. The van der Waals surface area contributed by atoms with E-state index >= 15 is 0 Å². The standard InChI is InChI=1S/C35H36ClNO3S.C26H26ClN3.C4H4O4.Na/c1-34(2,40)30-9-4-3-7-25(30)13-17-32(41-23-35(18-19-35)22-33(38)39)27-8-5-6-24(20-27)10-15-29-16-12-26-11-14-28(36)21-31(26)37-29;1-18-13-19(16-28-15-18)17-30-11-8-20(9-12-30)25-24-7-6-23(27)14-22(24)5-4-21-3-2-10-29-26(21)25;5-3(6)1-2-4(7)8;/h3-12,14-16,20-21,32,40H,13,17-19,22-23H2,1-2H3,(H,38,39);2-3,6-7,10,13-16H,4-5,8-9,11-12,17H2,1H3;1-2H,(H,5,6)(H,7,8);/q;;;+1/p-1/b15-10+;;2-1+;/t32-;;;/m1.../s1. The molecule has 11 nitrogen and oxygen atoms in total. The van der Waals surface area contributed by atoms with E-state index in [1.54, 1.807) is 0 Å². The fraction of sp³-hybridized carbons (Fsp3) is 0.292. The summed E-state index contributed by atoms with van der Waals surface area (Å²) in [6.45, 7) is 8.86. The molecule has 1 saturated carbocycles. The van der Waals surface area contributed by atoms with Crippen molar-refractivity contribution in [3.05, 3.63) is 223 Å². The zero-order valence-corrected chi connectivity index (χ0v) is 50.0. The minimum Gasteiger partial charge on any atom is -0.550 e. The zero-order chi connectivity index (χ0) is 56.1. The van der Waals surface area contributed by atoms with E-state index in [0.717, 1.165) is 115 Å². The molecule has 2 fully saturated rings. The number of carboxylic acid groups (broad SMARTS) is 3. The molecule has 0 spiro atoms. The summed E-state index contributed by atoms with van der Waals surface area (Å²) < 4.78 is 0. The van der Waals surface area contributed by atoms with Crippen LogP contribution in [-0.2, 0) is 45.8 Å². The summed E-state index contributed by atoms with van der Waals surface area (Å²) in [6.07, 6.45) is 18.9. The van der Waals surface area contributed by atoms with Gasteiger partial charge in [0.25, 0.3) is 0 Å². The van der Waals surface area contributed by atoms with Crippen LogP contribution in [0.25, 0.3) is 28.6 Å². The molecule has 0 unspecified atom stereocenters. The van der Waals surface area contributed by atoms with Crippen LogP contribution in [0.2, 0.25) is 10.0 Å². The summed E-state index contributed by atoms with van der Waals surface area (Å²) in [7, 11) is 0. The van der Waals surface area contributed by atoms with Crippen LogP contribution in [0.15, 0.2) is 152 Å². The predicted octanol–water partition coefficient (Wildman–Crippen LogP) is 9.96. The Balaban J connectivity index is 0.000000208. The smallest absolute Gasteiger partial charge is 0.550 e. The first-order valence-corrected chi connectivity index (χ1v) is 28.4. The van der Waals surface area contributed by atoms with Crippen LogP contribution in [0.3, 0.4) is 0 Å². The van der Waals surface area contributed by atoms with Crippen LogP contribution in [0.4, 0.5) is 0 Å². The molecule has 80 heavy (non-hydrogen) atoms. The van der Waals surface area contributed by atoms with Gasteiger partial charge in [-0.15, -0.1) is 0 Å². The quantitative estimate of drug-likeness (QED) is 0.0618. The minimum atomic E-state index is -1.26. The van der Waals surface area contributed by atoms with Gasteiger partial charge in [0, 0.05) is 82.6 Å². The predicted molar refractivity (Wildman–Crippen MR) is 316 cm³/mol. The van der Waals surface area contributed by atoms with E-state index in [4.69, 9.17) is 43.4 Å². The molecule has 3 aromatic heterocycles. The molecule has 3 N–H and O–H groups in total. The first kappa shape index (κ1) is 61.7. The van der Waals surface area contributed by atoms with Gasteiger partial charge in [0.1, 0.15) is 0 Å². The molecule has 4 heterocycles. The van der Waals surface area contributed by atoms with Crippen molar-refractivity contribution in [3.8, 4) is 0 Å². The number of aromatic nitrogens is 3. The molecule has 4 aromatic carbocycles. The van der Waals surface area contributed by atoms with Crippen molar-refractivity contribution in [1.82, 2.24) is 19.9 Å². The maximum Gasteiger partial charge on any atom is 1.00 e. The Morgan fingerprint density at radius 2 is 1.52 bits per heavy atom. The number of thioether (sulfide) groups is 1. The van der Waals surface area contributed by atoms with Crippen molar-refractivity contribution in [2.75, 3.05) is 18.8 Å². The molecule has 0 bridgehead atoms. The Morgan fingerprint density at radius 3 is 2.24 bits per heavy atom. The molecule has 15 heteroatoms. The van der Waals surface area contributed by atoms with Gasteiger partial charge in [-0.2, -0.15) is 11.8 Å². The molecule has 2 aliphatic carbocycles. The number of benzene rings is 4. The van der Waals surface area contributed by atoms with E-state index in [2.05, 4.69) is 83.5 Å². The number of pyridine rings is 3. The third-order valence-corrected chi connectivity index (χ3v) is 16.6. The fourth-order valence-electron chi connectivity index (χ4n) is 10.3. The molecular formula is C65H65Cl2N4NaO7S. The molecule has 3 aliphatic rings. The summed E-state index contributed by atoms with van der Waals surface area (Å²) in [4.78, 5) is 46.9. The zero-order valence-electron chi connectivity index (χ0n) is 45.7. The molecule has 0 radical (unpaired) electrons. The van der Waals surface area contributed by atoms with Crippen molar-refractivity contribution in [3.63, 3.8) is 0 Å². The van der Waals surface area contributed by atoms with Gasteiger partial charge in [-0.25, -0.2) is 14.6 Å². The number of rotatable bonds is 16. The van der Waals surface area contributed by atoms with E-state index in [9.17, 15) is 24.6 Å². The van der Waals surface area contributed by atoms with Crippen LogP contribution >= 0.6 is 35.0 Å². The number of aliphatic carboxylic acids is 3. The SMILES string of the molecule is CC(C)(O)c1ccccc1CC[C@@H](SCC1(CC(=O)[O-])CC1)c1cccc(/C=C/c2ccc3ccc(Cl)cc3n2)c1.Cc1cncc(CN2CCC(=C3c4ccc(Cl)cc4CCc4cccnc43)CC2)c1.O=C(O)/C=C/C(=O)O.[Na+]. The van der Waals surface area contributed by atoms with Gasteiger partial charge in [-0.3, -0.25) is 14.9 Å². The fourth-order valence-corrected chi connectivity index (χ4v) is 12.2. The number of carbonyl (C=O) groups is 3. The number of aryl methyl sites for hydroxylation is 4. The van der Waals surface area contributed by atoms with Gasteiger partial charge in [0.15, 0.2) is 0 Å². The van der Waals surface area contributed by atoms with E-state index in [1.165, 1.54) is 50.2 Å². The maximum atomic E-state index is 11.4. The minimum absolute atomic E-state index is 0. The largest absolute Gasteiger partial charge is 1.00 e. The van der Waals surface area contributed by atoms with Crippen molar-refractivity contribution in [2.24, 2.45) is 5.41 Å². The van der Waals surface area contributed by atoms with Gasteiger partial charge in [0.2, 0.25) is 0 Å². The van der Waals surface area contributed by atoms with Crippen molar-refractivity contribution < 1.29 is 64.4 Å². The van der Waals surface area contributed by atoms with Gasteiger partial charge in [-0.1, -0.05) is 114 Å². The summed E-state index contributed by atoms with van der Waals surface area (Å²) in [6, 6.07) is 39.3. The molecule has 1 aliphatic heterocycles. The molecular weight excluding hydrogens is 1070 g/mol. The third kappa shape index (κ3) is 17.8. The van der Waals surface area contributed by atoms with Gasteiger partial charge in [0.05, 0.1) is 22.5 Å². The second kappa shape index (κ2) is 28.7. The van der Waals surface area contributed by atoms with E-state index in [1.807, 2.05) is 105 Å². The molecule has 408 valence electrons. The summed E-state index contributed by atoms with van der Waals surface area (Å²) in [5.74, 6) is -2.68. The first-order valence-electron chi connectivity index (χ1n) is 26.6. The number of hydrogen-bond acceptors (Lipinski definition) is 10. The number of carboxylic acids is 3. The second-order valence-electron chi connectivity index (χ2n) is 21.1. The summed E-state index contributed by atoms with van der Waals surface area (Å²) in [5.41, 5.74) is 15.6. The third-order valence-electron chi connectivity index (χ3n) is 14.5. The van der Waals surface area contributed by atoms with Gasteiger partial charge < -0.3 is 25.2 Å². The number of nitrogens with zero attached hydrogens (tertiary/aromatic N) is 4. The summed E-state index contributed by atoms with van der Waals surface area (Å²) >= 11 is 14.3. The number of hydrogen-bond donors (Lipinski definition) is 3. The van der Waals surface area contributed by atoms with Crippen LogP contribution in [0.5, 0.6) is 0 Å². The Bertz CT molecular complexity index is 3400. The Kier molecular flexibility index (Phi) is 22.1. The van der Waals surface area contributed by atoms with E-state index < -0.39 is 23.5 Å². The van der Waals surface area contributed by atoms with E-state index in [-0.39, 0.29) is 46.6 Å². The second-order valence-corrected chi connectivity index (χ2v) is 23.2. The van der Waals surface area contributed by atoms with Gasteiger partial charge in [-0.05, 0) is 182 Å². The number of halogens is 2. The Hall–Kier alpha value is -5.93. The van der Waals surface area contributed by atoms with Crippen LogP contribution < -0.4 is 34.7 Å². The summed E-state index contributed by atoms with van der Waals surface area (Å²) in [5, 5.41) is 40.4. The number of aliphatic hydroxyl groups is 1. The van der Waals surface area contributed by atoms with Gasteiger partial charge >= 0.3 is 41.5 Å². The number of fused-ring (bicyclic) bond motifs is 3. The molecule has 1 saturated heterocycles. The molecule has 0 amide bonds. The number of carbonyl (C=O) groups excluding carboxylic acids is 1. The Labute approximate surface area is 505 Å². The Morgan fingerprint density at radius 1 is 0.812 bits per heavy atom. The molecule has 7 aromatic rings. The normalized spacial score (nSPS) is 15.1.